The zero-order valence-corrected chi connectivity index (χ0v) is 13.9. The first kappa shape index (κ1) is 17.9. The number of nitrogens with zero attached hydrogens (tertiary/aromatic N) is 1. The quantitative estimate of drug-likeness (QED) is 0.887. The molecule has 1 atom stereocenters. The smallest absolute Gasteiger partial charge is 0.334 e. The lowest BCUT2D eigenvalue weighted by Crippen LogP contribution is -2.48. The van der Waals surface area contributed by atoms with Crippen molar-refractivity contribution in [1.82, 2.24) is 4.90 Å². The zero-order valence-electron chi connectivity index (χ0n) is 13.9. The first-order valence-electron chi connectivity index (χ1n) is 8.14. The van der Waals surface area contributed by atoms with Crippen molar-refractivity contribution in [1.29, 1.82) is 0 Å². The molecule has 1 saturated heterocycles. The van der Waals surface area contributed by atoms with Crippen LogP contribution in [0.2, 0.25) is 0 Å². The van der Waals surface area contributed by atoms with Gasteiger partial charge in [-0.3, -0.25) is 4.79 Å². The van der Waals surface area contributed by atoms with E-state index in [4.69, 9.17) is 14.6 Å². The summed E-state index contributed by atoms with van der Waals surface area (Å²) in [4.78, 5) is 25.1. The van der Waals surface area contributed by atoms with Gasteiger partial charge in [-0.2, -0.15) is 0 Å². The first-order chi connectivity index (χ1) is 12.5. The second kappa shape index (κ2) is 7.97. The van der Waals surface area contributed by atoms with Crippen molar-refractivity contribution in [3.05, 3.63) is 65.5 Å². The predicted molar refractivity (Wildman–Crippen MR) is 90.5 cm³/mol. The third-order valence-electron chi connectivity index (χ3n) is 4.00. The summed E-state index contributed by atoms with van der Waals surface area (Å²) < 4.78 is 23.8. The van der Waals surface area contributed by atoms with Crippen LogP contribution in [0.25, 0.3) is 0 Å². The Morgan fingerprint density at radius 3 is 2.81 bits per heavy atom. The van der Waals surface area contributed by atoms with Crippen molar-refractivity contribution < 1.29 is 28.6 Å². The molecule has 7 heteroatoms. The van der Waals surface area contributed by atoms with Crippen LogP contribution in [-0.4, -0.2) is 47.7 Å². The number of hydrogen-bond donors (Lipinski definition) is 1. The number of rotatable bonds is 5. The maximum Gasteiger partial charge on any atom is 0.334 e. The van der Waals surface area contributed by atoms with Crippen LogP contribution in [0.1, 0.15) is 15.9 Å². The van der Waals surface area contributed by atoms with Gasteiger partial charge in [-0.15, -0.1) is 0 Å². The molecule has 0 saturated carbocycles. The molecule has 2 aromatic carbocycles. The molecule has 2 aromatic rings. The van der Waals surface area contributed by atoms with Crippen LogP contribution in [0, 0.1) is 5.82 Å². The molecule has 0 spiro atoms. The van der Waals surface area contributed by atoms with E-state index in [1.165, 1.54) is 17.0 Å². The molecule has 26 heavy (non-hydrogen) atoms. The van der Waals surface area contributed by atoms with Crippen molar-refractivity contribution in [2.75, 3.05) is 19.7 Å². The number of morpholine rings is 1. The van der Waals surface area contributed by atoms with E-state index in [2.05, 4.69) is 0 Å². The van der Waals surface area contributed by atoms with E-state index < -0.39 is 12.1 Å². The second-order valence-corrected chi connectivity index (χ2v) is 5.90. The Morgan fingerprint density at radius 2 is 2.04 bits per heavy atom. The van der Waals surface area contributed by atoms with Gasteiger partial charge >= 0.3 is 5.97 Å². The molecule has 0 aliphatic carbocycles. The van der Waals surface area contributed by atoms with Crippen molar-refractivity contribution in [2.45, 2.75) is 12.7 Å². The van der Waals surface area contributed by atoms with E-state index in [1.807, 2.05) is 0 Å². The maximum absolute atomic E-state index is 13.2. The number of hydrogen-bond acceptors (Lipinski definition) is 4. The molecule has 0 aromatic heterocycles. The molecule has 136 valence electrons. The summed E-state index contributed by atoms with van der Waals surface area (Å²) in [6.45, 7) is 0.724. The van der Waals surface area contributed by atoms with E-state index in [9.17, 15) is 14.0 Å². The van der Waals surface area contributed by atoms with Crippen LogP contribution in [0.5, 0.6) is 5.75 Å². The van der Waals surface area contributed by atoms with Crippen molar-refractivity contribution in [3.63, 3.8) is 0 Å². The highest BCUT2D eigenvalue weighted by molar-refractivity contribution is 5.94. The van der Waals surface area contributed by atoms with Gasteiger partial charge in [0.1, 0.15) is 18.2 Å². The fourth-order valence-corrected chi connectivity index (χ4v) is 2.68. The van der Waals surface area contributed by atoms with E-state index in [0.717, 1.165) is 5.56 Å². The number of benzene rings is 2. The number of carboxylic acids is 1. The average Bonchev–Trinajstić information content (AvgIpc) is 2.66. The summed E-state index contributed by atoms with van der Waals surface area (Å²) in [5, 5.41) is 9.04. The lowest BCUT2D eigenvalue weighted by molar-refractivity contribution is -0.154. The van der Waals surface area contributed by atoms with Gasteiger partial charge in [0.25, 0.3) is 5.91 Å². The molecule has 0 bridgehead atoms. The highest BCUT2D eigenvalue weighted by atomic mass is 19.1. The molecular weight excluding hydrogens is 341 g/mol. The number of carboxylic acid groups (broad SMARTS) is 1. The van der Waals surface area contributed by atoms with Crippen molar-refractivity contribution >= 4 is 11.9 Å². The summed E-state index contributed by atoms with van der Waals surface area (Å²) in [6.07, 6.45) is -1.01. The van der Waals surface area contributed by atoms with Gasteiger partial charge < -0.3 is 19.5 Å². The Morgan fingerprint density at radius 1 is 1.23 bits per heavy atom. The van der Waals surface area contributed by atoms with E-state index in [1.54, 1.807) is 36.4 Å². The fraction of sp³-hybridized carbons (Fsp3) is 0.263. The molecule has 1 heterocycles. The number of halogens is 1. The number of aliphatic carboxylic acids is 1. The van der Waals surface area contributed by atoms with Crippen LogP contribution < -0.4 is 4.74 Å². The lowest BCUT2D eigenvalue weighted by atomic mass is 10.1. The van der Waals surface area contributed by atoms with Crippen LogP contribution in [0.4, 0.5) is 4.39 Å². The summed E-state index contributed by atoms with van der Waals surface area (Å²) in [7, 11) is 0. The number of carbonyl (C=O) groups excluding carboxylic acids is 1. The van der Waals surface area contributed by atoms with Gasteiger partial charge in [-0.25, -0.2) is 9.18 Å². The van der Waals surface area contributed by atoms with Crippen molar-refractivity contribution in [3.8, 4) is 5.75 Å². The summed E-state index contributed by atoms with van der Waals surface area (Å²) in [5.74, 6) is -1.32. The molecule has 1 aliphatic rings. The van der Waals surface area contributed by atoms with Crippen molar-refractivity contribution in [2.24, 2.45) is 0 Å². The monoisotopic (exact) mass is 359 g/mol. The standard InChI is InChI=1S/C19H18FNO5/c20-15-5-2-6-16(10-15)26-12-13-3-1-4-14(9-13)18(22)21-7-8-25-17(11-21)19(23)24/h1-6,9-10,17H,7-8,11-12H2,(H,23,24)/t17-/m1/s1. The molecule has 1 aliphatic heterocycles. The molecule has 3 rings (SSSR count). The minimum atomic E-state index is -1.08. The second-order valence-electron chi connectivity index (χ2n) is 5.90. The average molecular weight is 359 g/mol. The molecule has 1 amide bonds. The van der Waals surface area contributed by atoms with Crippen LogP contribution in [0.3, 0.4) is 0 Å². The minimum absolute atomic E-state index is 0.0121. The summed E-state index contributed by atoms with van der Waals surface area (Å²) in [6, 6.07) is 12.7. The van der Waals surface area contributed by atoms with Gasteiger partial charge in [0.05, 0.1) is 13.2 Å². The Kier molecular flexibility index (Phi) is 5.48. The Hall–Kier alpha value is -2.93. The van der Waals surface area contributed by atoms with Gasteiger partial charge in [-0.05, 0) is 29.8 Å². The van der Waals surface area contributed by atoms with Crippen LogP contribution >= 0.6 is 0 Å². The highest BCUT2D eigenvalue weighted by Gasteiger charge is 2.29. The minimum Gasteiger partial charge on any atom is -0.489 e. The molecule has 0 unspecified atom stereocenters. The third kappa shape index (κ3) is 4.37. The largest absolute Gasteiger partial charge is 0.489 e. The normalized spacial score (nSPS) is 17.0. The Balaban J connectivity index is 1.66. The number of carbonyl (C=O) groups is 2. The van der Waals surface area contributed by atoms with Crippen LogP contribution in [0.15, 0.2) is 48.5 Å². The molecule has 0 radical (unpaired) electrons. The van der Waals surface area contributed by atoms with Gasteiger partial charge in [0.15, 0.2) is 6.10 Å². The van der Waals surface area contributed by atoms with E-state index in [0.29, 0.717) is 17.9 Å². The first-order valence-corrected chi connectivity index (χ1v) is 8.14. The Bertz CT molecular complexity index is 810. The van der Waals surface area contributed by atoms with Crippen LogP contribution in [-0.2, 0) is 16.1 Å². The fourth-order valence-electron chi connectivity index (χ4n) is 2.68. The van der Waals surface area contributed by atoms with Gasteiger partial charge in [0.2, 0.25) is 0 Å². The molecular formula is C19H18FNO5. The molecule has 1 N–H and O–H groups in total. The SMILES string of the molecule is O=C(O)[C@H]1CN(C(=O)c2cccc(COc3cccc(F)c3)c2)CCO1. The van der Waals surface area contributed by atoms with Gasteiger partial charge in [0, 0.05) is 18.2 Å². The number of amides is 1. The highest BCUT2D eigenvalue weighted by Crippen LogP contribution is 2.16. The lowest BCUT2D eigenvalue weighted by Gasteiger charge is -2.31. The zero-order chi connectivity index (χ0) is 18.5. The van der Waals surface area contributed by atoms with E-state index >= 15 is 0 Å². The van der Waals surface area contributed by atoms with E-state index in [-0.39, 0.29) is 31.5 Å². The summed E-state index contributed by atoms with van der Waals surface area (Å²) >= 11 is 0. The van der Waals surface area contributed by atoms with Gasteiger partial charge in [-0.1, -0.05) is 18.2 Å². The maximum atomic E-state index is 13.2. The predicted octanol–water partition coefficient (Wildman–Crippen LogP) is 2.33. The summed E-state index contributed by atoms with van der Waals surface area (Å²) in [5.41, 5.74) is 1.19. The molecule has 1 fully saturated rings. The topological polar surface area (TPSA) is 76.1 Å². The number of ether oxygens (including phenoxy) is 2. The molecule has 6 nitrogen and oxygen atoms in total. The Labute approximate surface area is 149 Å². The third-order valence-corrected chi connectivity index (χ3v) is 4.00.